The van der Waals surface area contributed by atoms with Crippen LogP contribution in [0.25, 0.3) is 0 Å². The number of methoxy groups -OCH3 is 2. The van der Waals surface area contributed by atoms with E-state index in [0.29, 0.717) is 36.1 Å². The molecule has 25 heavy (non-hydrogen) atoms. The summed E-state index contributed by atoms with van der Waals surface area (Å²) >= 11 is 0. The van der Waals surface area contributed by atoms with E-state index < -0.39 is 0 Å². The lowest BCUT2D eigenvalue weighted by Crippen LogP contribution is -2.30. The largest absolute Gasteiger partial charge is 0.493 e. The molecular formula is C18H23ClN2O4. The number of nitrogens with one attached hydrogen (secondary N) is 2. The number of amides is 1. The van der Waals surface area contributed by atoms with Crippen molar-refractivity contribution >= 4 is 24.0 Å². The van der Waals surface area contributed by atoms with Crippen LogP contribution in [0.1, 0.15) is 0 Å². The first-order chi connectivity index (χ1) is 11.7. The molecule has 0 aromatic heterocycles. The summed E-state index contributed by atoms with van der Waals surface area (Å²) in [5.41, 5.74) is 0.709. The second-order valence-electron chi connectivity index (χ2n) is 5.00. The number of rotatable bonds is 9. The van der Waals surface area contributed by atoms with Crippen molar-refractivity contribution in [3.05, 3.63) is 48.5 Å². The van der Waals surface area contributed by atoms with Gasteiger partial charge in [-0.1, -0.05) is 12.1 Å². The molecule has 0 aliphatic rings. The van der Waals surface area contributed by atoms with E-state index in [-0.39, 0.29) is 24.9 Å². The Kier molecular flexibility index (Phi) is 9.39. The van der Waals surface area contributed by atoms with Gasteiger partial charge in [-0.15, -0.1) is 12.4 Å². The molecule has 6 nitrogen and oxygen atoms in total. The molecule has 0 aliphatic heterocycles. The van der Waals surface area contributed by atoms with Crippen molar-refractivity contribution in [3.63, 3.8) is 0 Å². The number of hydrogen-bond acceptors (Lipinski definition) is 5. The molecule has 2 aromatic carbocycles. The topological polar surface area (TPSA) is 68.8 Å². The van der Waals surface area contributed by atoms with Gasteiger partial charge >= 0.3 is 0 Å². The highest BCUT2D eigenvalue weighted by Gasteiger charge is 2.05. The first-order valence-electron chi connectivity index (χ1n) is 7.63. The number of carbonyl (C=O) groups excluding carboxylic acids is 1. The lowest BCUT2D eigenvalue weighted by Gasteiger charge is -2.11. The minimum absolute atomic E-state index is 0. The fourth-order valence-electron chi connectivity index (χ4n) is 2.02. The molecule has 0 unspecified atom stereocenters. The summed E-state index contributed by atoms with van der Waals surface area (Å²) in [4.78, 5) is 11.8. The van der Waals surface area contributed by atoms with Crippen molar-refractivity contribution < 1.29 is 19.0 Å². The number of halogens is 1. The second kappa shape index (κ2) is 11.3. The lowest BCUT2D eigenvalue weighted by molar-refractivity contribution is -0.115. The Morgan fingerprint density at radius 2 is 1.68 bits per heavy atom. The Hall–Kier alpha value is -2.28. The van der Waals surface area contributed by atoms with E-state index in [0.717, 1.165) is 0 Å². The summed E-state index contributed by atoms with van der Waals surface area (Å²) in [6.45, 7) is 1.45. The Bertz CT molecular complexity index is 650. The van der Waals surface area contributed by atoms with E-state index in [4.69, 9.17) is 14.2 Å². The Balaban J connectivity index is 0.00000312. The zero-order valence-electron chi connectivity index (χ0n) is 14.3. The van der Waals surface area contributed by atoms with Gasteiger partial charge in [-0.2, -0.15) is 0 Å². The molecule has 7 heteroatoms. The highest BCUT2D eigenvalue weighted by Crippen LogP contribution is 2.31. The Labute approximate surface area is 153 Å². The molecule has 0 fully saturated rings. The third-order valence-corrected chi connectivity index (χ3v) is 3.20. The molecule has 2 N–H and O–H groups in total. The molecule has 136 valence electrons. The molecule has 1 amide bonds. The summed E-state index contributed by atoms with van der Waals surface area (Å²) in [6.07, 6.45) is 0. The van der Waals surface area contributed by atoms with E-state index in [9.17, 15) is 4.79 Å². The molecule has 0 saturated heterocycles. The molecule has 2 rings (SSSR count). The van der Waals surface area contributed by atoms with Crippen LogP contribution >= 0.6 is 12.4 Å². The van der Waals surface area contributed by atoms with E-state index in [1.807, 2.05) is 24.3 Å². The zero-order valence-corrected chi connectivity index (χ0v) is 15.1. The maximum Gasteiger partial charge on any atom is 0.238 e. The summed E-state index contributed by atoms with van der Waals surface area (Å²) < 4.78 is 15.9. The number of hydrogen-bond donors (Lipinski definition) is 2. The molecule has 0 radical (unpaired) electrons. The van der Waals surface area contributed by atoms with Gasteiger partial charge in [-0.25, -0.2) is 0 Å². The number of para-hydroxylation sites is 2. The molecule has 0 aliphatic carbocycles. The molecule has 0 atom stereocenters. The number of ether oxygens (including phenoxy) is 3. The van der Waals surface area contributed by atoms with E-state index in [1.165, 1.54) is 0 Å². The fraction of sp³-hybridized carbons (Fsp3) is 0.278. The maximum atomic E-state index is 11.8. The van der Waals surface area contributed by atoms with Crippen molar-refractivity contribution in [1.29, 1.82) is 0 Å². The van der Waals surface area contributed by atoms with Crippen LogP contribution in [0.15, 0.2) is 48.5 Å². The predicted molar refractivity (Wildman–Crippen MR) is 100 cm³/mol. The van der Waals surface area contributed by atoms with Crippen LogP contribution in [0, 0.1) is 0 Å². The van der Waals surface area contributed by atoms with Crippen LogP contribution in [0.5, 0.6) is 17.2 Å². The average molecular weight is 367 g/mol. The lowest BCUT2D eigenvalue weighted by atomic mass is 10.3. The monoisotopic (exact) mass is 366 g/mol. The van der Waals surface area contributed by atoms with Gasteiger partial charge in [-0.05, 0) is 36.4 Å². The molecule has 0 spiro atoms. The van der Waals surface area contributed by atoms with Gasteiger partial charge in [-0.3, -0.25) is 4.79 Å². The second-order valence-corrected chi connectivity index (χ2v) is 5.00. The molecule has 2 aromatic rings. The van der Waals surface area contributed by atoms with Crippen molar-refractivity contribution in [1.82, 2.24) is 5.32 Å². The SMILES string of the molecule is COCCNCC(=O)Nc1ccc(Oc2ccccc2OC)cc1.Cl. The molecule has 0 heterocycles. The Morgan fingerprint density at radius 3 is 2.32 bits per heavy atom. The van der Waals surface area contributed by atoms with Gasteiger partial charge in [0.15, 0.2) is 11.5 Å². The number of anilines is 1. The average Bonchev–Trinajstić information content (AvgIpc) is 2.61. The summed E-state index contributed by atoms with van der Waals surface area (Å²) in [6, 6.07) is 14.6. The van der Waals surface area contributed by atoms with Gasteiger partial charge < -0.3 is 24.8 Å². The summed E-state index contributed by atoms with van der Waals surface area (Å²) in [5.74, 6) is 1.86. The first-order valence-corrected chi connectivity index (χ1v) is 7.63. The standard InChI is InChI=1S/C18H22N2O4.ClH/c1-22-12-11-19-13-18(21)20-14-7-9-15(10-8-14)24-17-6-4-3-5-16(17)23-2;/h3-10,19H,11-13H2,1-2H3,(H,20,21);1H. The fourth-order valence-corrected chi connectivity index (χ4v) is 2.02. The van der Waals surface area contributed by atoms with Gasteiger partial charge in [0.2, 0.25) is 5.91 Å². The first kappa shape index (κ1) is 20.8. The Morgan fingerprint density at radius 1 is 1.00 bits per heavy atom. The van der Waals surface area contributed by atoms with Crippen LogP contribution in [-0.2, 0) is 9.53 Å². The minimum Gasteiger partial charge on any atom is -0.493 e. The van der Waals surface area contributed by atoms with Crippen LogP contribution in [0.2, 0.25) is 0 Å². The molecular weight excluding hydrogens is 344 g/mol. The third-order valence-electron chi connectivity index (χ3n) is 3.20. The van der Waals surface area contributed by atoms with Crippen molar-refractivity contribution in [3.8, 4) is 17.2 Å². The highest BCUT2D eigenvalue weighted by atomic mass is 35.5. The minimum atomic E-state index is -0.107. The van der Waals surface area contributed by atoms with Gasteiger partial charge in [0.25, 0.3) is 0 Å². The summed E-state index contributed by atoms with van der Waals surface area (Å²) in [5, 5.41) is 5.80. The van der Waals surface area contributed by atoms with E-state index in [1.54, 1.807) is 38.5 Å². The normalized spacial score (nSPS) is 9.84. The van der Waals surface area contributed by atoms with Gasteiger partial charge in [0, 0.05) is 19.3 Å². The van der Waals surface area contributed by atoms with Crippen molar-refractivity contribution in [2.45, 2.75) is 0 Å². The van der Waals surface area contributed by atoms with Crippen LogP contribution < -0.4 is 20.1 Å². The smallest absolute Gasteiger partial charge is 0.238 e. The van der Waals surface area contributed by atoms with Gasteiger partial charge in [0.05, 0.1) is 20.3 Å². The van der Waals surface area contributed by atoms with Gasteiger partial charge in [0.1, 0.15) is 5.75 Å². The maximum absolute atomic E-state index is 11.8. The molecule has 0 saturated carbocycles. The number of carbonyl (C=O) groups is 1. The zero-order chi connectivity index (χ0) is 17.2. The predicted octanol–water partition coefficient (Wildman–Crippen LogP) is 3.08. The van der Waals surface area contributed by atoms with Crippen molar-refractivity contribution in [2.75, 3.05) is 39.2 Å². The summed E-state index contributed by atoms with van der Waals surface area (Å²) in [7, 11) is 3.22. The van der Waals surface area contributed by atoms with Crippen molar-refractivity contribution in [2.24, 2.45) is 0 Å². The van der Waals surface area contributed by atoms with E-state index in [2.05, 4.69) is 10.6 Å². The highest BCUT2D eigenvalue weighted by molar-refractivity contribution is 5.92. The van der Waals surface area contributed by atoms with Crippen LogP contribution in [-0.4, -0.2) is 39.8 Å². The van der Waals surface area contributed by atoms with Crippen LogP contribution in [0.4, 0.5) is 5.69 Å². The third kappa shape index (κ3) is 7.01. The number of benzene rings is 2. The quantitative estimate of drug-likeness (QED) is 0.667. The van der Waals surface area contributed by atoms with E-state index >= 15 is 0 Å². The molecule has 0 bridgehead atoms. The van der Waals surface area contributed by atoms with Crippen LogP contribution in [0.3, 0.4) is 0 Å².